The zero-order valence-electron chi connectivity index (χ0n) is 12.7. The predicted molar refractivity (Wildman–Crippen MR) is 81.6 cm³/mol. The number of carbonyl (C=O) groups excluding carboxylic acids is 1. The number of nitrogens with zero attached hydrogens (tertiary/aromatic N) is 1. The van der Waals surface area contributed by atoms with E-state index in [4.69, 9.17) is 0 Å². The quantitative estimate of drug-likeness (QED) is 0.854. The number of nitrogens with one attached hydrogen (secondary N) is 1. The maximum Gasteiger partial charge on any atom is 0.251 e. The Balaban J connectivity index is 2.78. The molecule has 1 N–H and O–H groups in total. The first-order valence-corrected chi connectivity index (χ1v) is 7.68. The van der Waals surface area contributed by atoms with Crippen LogP contribution < -0.4 is 5.32 Å². The summed E-state index contributed by atoms with van der Waals surface area (Å²) in [5, 5.41) is 3.97. The second-order valence-electron chi connectivity index (χ2n) is 6.66. The lowest BCUT2D eigenvalue weighted by Crippen LogP contribution is -2.45. The van der Waals surface area contributed by atoms with E-state index in [0.29, 0.717) is 5.56 Å². The van der Waals surface area contributed by atoms with Crippen LogP contribution in [0.4, 0.5) is 0 Å². The molecule has 0 atom stereocenters. The molecule has 1 amide bonds. The van der Waals surface area contributed by atoms with E-state index >= 15 is 0 Å². The van der Waals surface area contributed by atoms with Gasteiger partial charge in [0.2, 0.25) is 0 Å². The van der Waals surface area contributed by atoms with E-state index in [9.17, 15) is 4.79 Å². The molecule has 0 saturated heterocycles. The molecule has 1 aromatic heterocycles. The molecule has 106 valence electrons. The van der Waals surface area contributed by atoms with Gasteiger partial charge < -0.3 is 5.32 Å². The van der Waals surface area contributed by atoms with E-state index in [1.54, 1.807) is 12.3 Å². The van der Waals surface area contributed by atoms with Gasteiger partial charge in [-0.05, 0) is 44.1 Å². The topological polar surface area (TPSA) is 42.0 Å². The molecule has 1 heterocycles. The Hall–Kier alpha value is -1.03. The fourth-order valence-electron chi connectivity index (χ4n) is 2.41. The van der Waals surface area contributed by atoms with Crippen molar-refractivity contribution in [1.82, 2.24) is 10.3 Å². The summed E-state index contributed by atoms with van der Waals surface area (Å²) in [6.07, 6.45) is 4.55. The van der Waals surface area contributed by atoms with Crippen molar-refractivity contribution in [2.24, 2.45) is 5.41 Å². The minimum absolute atomic E-state index is 0.0352. The Morgan fingerprint density at radius 3 is 2.47 bits per heavy atom. The fourth-order valence-corrected chi connectivity index (χ4v) is 2.82. The van der Waals surface area contributed by atoms with Crippen LogP contribution in [0.3, 0.4) is 0 Å². The Labute approximate surface area is 120 Å². The number of rotatable bonds is 4. The summed E-state index contributed by atoms with van der Waals surface area (Å²) in [5.74, 6) is -0.0352. The Morgan fingerprint density at radius 2 is 1.95 bits per heavy atom. The molecule has 1 rings (SSSR count). The third-order valence-electron chi connectivity index (χ3n) is 2.63. The average molecular weight is 280 g/mol. The van der Waals surface area contributed by atoms with Crippen molar-refractivity contribution in [3.8, 4) is 0 Å². The van der Waals surface area contributed by atoms with Crippen LogP contribution in [0.1, 0.15) is 51.4 Å². The molecular formula is C15H24N2OS. The second-order valence-corrected chi connectivity index (χ2v) is 7.49. The van der Waals surface area contributed by atoms with Crippen LogP contribution in [0.5, 0.6) is 0 Å². The van der Waals surface area contributed by atoms with Gasteiger partial charge in [-0.3, -0.25) is 4.79 Å². The molecule has 0 fully saturated rings. The molecule has 1 aromatic rings. The molecule has 0 aromatic carbocycles. The zero-order chi connectivity index (χ0) is 14.7. The molecule has 3 nitrogen and oxygen atoms in total. The van der Waals surface area contributed by atoms with Gasteiger partial charge in [0.1, 0.15) is 0 Å². The lowest BCUT2D eigenvalue weighted by Gasteiger charge is -2.33. The number of hydrogen-bond acceptors (Lipinski definition) is 3. The van der Waals surface area contributed by atoms with E-state index in [1.807, 2.05) is 12.3 Å². The Morgan fingerprint density at radius 1 is 1.32 bits per heavy atom. The minimum atomic E-state index is -0.224. The first-order valence-electron chi connectivity index (χ1n) is 6.45. The van der Waals surface area contributed by atoms with E-state index in [0.717, 1.165) is 11.4 Å². The SMILES string of the molecule is CSc1cc(C(=O)NC(C)(C)CC(C)(C)C)ccn1. The van der Waals surface area contributed by atoms with Crippen molar-refractivity contribution >= 4 is 17.7 Å². The largest absolute Gasteiger partial charge is 0.347 e. The van der Waals surface area contributed by atoms with Crippen LogP contribution >= 0.6 is 11.8 Å². The van der Waals surface area contributed by atoms with Gasteiger partial charge in [0.05, 0.1) is 5.03 Å². The summed E-state index contributed by atoms with van der Waals surface area (Å²) in [5.41, 5.74) is 0.624. The number of thioether (sulfide) groups is 1. The number of pyridine rings is 1. The number of aromatic nitrogens is 1. The molecule has 0 aliphatic rings. The number of amides is 1. The molecule has 0 saturated carbocycles. The molecule has 19 heavy (non-hydrogen) atoms. The predicted octanol–water partition coefficient (Wildman–Crippen LogP) is 3.75. The van der Waals surface area contributed by atoms with Gasteiger partial charge >= 0.3 is 0 Å². The number of hydrogen-bond donors (Lipinski definition) is 1. The van der Waals surface area contributed by atoms with Crippen LogP contribution in [-0.4, -0.2) is 22.7 Å². The first-order chi connectivity index (χ1) is 8.63. The van der Waals surface area contributed by atoms with E-state index < -0.39 is 0 Å². The van der Waals surface area contributed by atoms with E-state index in [1.165, 1.54) is 11.8 Å². The highest BCUT2D eigenvalue weighted by Crippen LogP contribution is 2.27. The molecule has 0 spiro atoms. The Bertz CT molecular complexity index is 450. The summed E-state index contributed by atoms with van der Waals surface area (Å²) in [6, 6.07) is 3.58. The summed E-state index contributed by atoms with van der Waals surface area (Å²) in [4.78, 5) is 16.4. The van der Waals surface area contributed by atoms with Gasteiger partial charge in [-0.15, -0.1) is 11.8 Å². The Kier molecular flexibility index (Phi) is 5.02. The molecule has 0 radical (unpaired) electrons. The normalized spacial score (nSPS) is 12.3. The van der Waals surface area contributed by atoms with Crippen LogP contribution in [0.2, 0.25) is 0 Å². The van der Waals surface area contributed by atoms with E-state index in [-0.39, 0.29) is 16.9 Å². The van der Waals surface area contributed by atoms with Gasteiger partial charge in [0.15, 0.2) is 0 Å². The standard InChI is InChI=1S/C15H24N2OS/c1-14(2,3)10-15(4,5)17-13(18)11-7-8-16-12(9-11)19-6/h7-9H,10H2,1-6H3,(H,17,18). The van der Waals surface area contributed by atoms with Gasteiger partial charge in [0.25, 0.3) is 5.91 Å². The third-order valence-corrected chi connectivity index (χ3v) is 3.27. The molecule has 4 heteroatoms. The summed E-state index contributed by atoms with van der Waals surface area (Å²) >= 11 is 1.54. The summed E-state index contributed by atoms with van der Waals surface area (Å²) < 4.78 is 0. The lowest BCUT2D eigenvalue weighted by atomic mass is 9.81. The highest BCUT2D eigenvalue weighted by molar-refractivity contribution is 7.98. The van der Waals surface area contributed by atoms with Crippen molar-refractivity contribution in [3.63, 3.8) is 0 Å². The maximum atomic E-state index is 12.3. The highest BCUT2D eigenvalue weighted by Gasteiger charge is 2.27. The smallest absolute Gasteiger partial charge is 0.251 e. The van der Waals surface area contributed by atoms with Crippen molar-refractivity contribution in [2.75, 3.05) is 6.26 Å². The molecule has 0 aliphatic heterocycles. The van der Waals surface area contributed by atoms with Crippen molar-refractivity contribution in [1.29, 1.82) is 0 Å². The first kappa shape index (κ1) is 16.0. The van der Waals surface area contributed by atoms with Crippen molar-refractivity contribution < 1.29 is 4.79 Å². The number of carbonyl (C=O) groups is 1. The lowest BCUT2D eigenvalue weighted by molar-refractivity contribution is 0.0891. The van der Waals surface area contributed by atoms with Crippen LogP contribution in [0, 0.1) is 5.41 Å². The summed E-state index contributed by atoms with van der Waals surface area (Å²) in [6.45, 7) is 10.7. The molecule has 0 unspecified atom stereocenters. The van der Waals surface area contributed by atoms with Gasteiger partial charge in [-0.2, -0.15) is 0 Å². The van der Waals surface area contributed by atoms with E-state index in [2.05, 4.69) is 44.9 Å². The van der Waals surface area contributed by atoms with Crippen LogP contribution in [0.25, 0.3) is 0 Å². The third kappa shape index (κ3) is 5.64. The van der Waals surface area contributed by atoms with Gasteiger partial charge in [0, 0.05) is 17.3 Å². The highest BCUT2D eigenvalue weighted by atomic mass is 32.2. The van der Waals surface area contributed by atoms with Crippen molar-refractivity contribution in [3.05, 3.63) is 23.9 Å². The minimum Gasteiger partial charge on any atom is -0.347 e. The molecule has 0 aliphatic carbocycles. The van der Waals surface area contributed by atoms with Gasteiger partial charge in [-0.1, -0.05) is 20.8 Å². The van der Waals surface area contributed by atoms with Crippen LogP contribution in [-0.2, 0) is 0 Å². The zero-order valence-corrected chi connectivity index (χ0v) is 13.5. The maximum absolute atomic E-state index is 12.3. The van der Waals surface area contributed by atoms with Gasteiger partial charge in [-0.25, -0.2) is 4.98 Å². The fraction of sp³-hybridized carbons (Fsp3) is 0.600. The molecular weight excluding hydrogens is 256 g/mol. The average Bonchev–Trinajstić information content (AvgIpc) is 2.25. The summed E-state index contributed by atoms with van der Waals surface area (Å²) in [7, 11) is 0. The second kappa shape index (κ2) is 5.95. The monoisotopic (exact) mass is 280 g/mol. The van der Waals surface area contributed by atoms with Crippen molar-refractivity contribution in [2.45, 2.75) is 51.6 Å². The molecule has 0 bridgehead atoms. The van der Waals surface area contributed by atoms with Crippen LogP contribution in [0.15, 0.2) is 23.4 Å².